The minimum Gasteiger partial charge on any atom is -0.462 e. The summed E-state index contributed by atoms with van der Waals surface area (Å²) in [7, 11) is 0. The second-order valence-electron chi connectivity index (χ2n) is 19.9. The summed E-state index contributed by atoms with van der Waals surface area (Å²) in [5.41, 5.74) is 0. The zero-order valence-corrected chi connectivity index (χ0v) is 42.5. The third-order valence-electron chi connectivity index (χ3n) is 13.1. The predicted octanol–water partition coefficient (Wildman–Crippen LogP) is 18.1. The molecule has 0 heterocycles. The first-order chi connectivity index (χ1) is 30.3. The van der Waals surface area contributed by atoms with Crippen molar-refractivity contribution < 1.29 is 28.6 Å². The second-order valence-corrected chi connectivity index (χ2v) is 19.9. The Morgan fingerprint density at radius 3 is 0.919 bits per heavy atom. The van der Waals surface area contributed by atoms with Gasteiger partial charge in [0.05, 0.1) is 0 Å². The molecule has 1 unspecified atom stereocenters. The molecule has 0 fully saturated rings. The minimum absolute atomic E-state index is 0.0638. The highest BCUT2D eigenvalue weighted by Gasteiger charge is 2.19. The van der Waals surface area contributed by atoms with Crippen molar-refractivity contribution in [3.63, 3.8) is 0 Å². The van der Waals surface area contributed by atoms with E-state index in [0.29, 0.717) is 19.3 Å². The molecule has 6 nitrogen and oxygen atoms in total. The van der Waals surface area contributed by atoms with Crippen molar-refractivity contribution in [1.82, 2.24) is 0 Å². The molecule has 0 aromatic heterocycles. The van der Waals surface area contributed by atoms with Crippen molar-refractivity contribution in [3.8, 4) is 0 Å². The average molecular weight is 877 g/mol. The largest absolute Gasteiger partial charge is 0.462 e. The Balaban J connectivity index is 4.26. The molecule has 62 heavy (non-hydrogen) atoms. The van der Waals surface area contributed by atoms with Gasteiger partial charge in [-0.2, -0.15) is 0 Å². The molecule has 6 heteroatoms. The van der Waals surface area contributed by atoms with E-state index in [1.165, 1.54) is 199 Å². The first-order valence-corrected chi connectivity index (χ1v) is 27.8. The number of hydrogen-bond donors (Lipinski definition) is 0. The summed E-state index contributed by atoms with van der Waals surface area (Å²) in [5, 5.41) is 0. The number of esters is 3. The van der Waals surface area contributed by atoms with Crippen LogP contribution in [0.3, 0.4) is 0 Å². The Bertz CT molecular complexity index is 949. The van der Waals surface area contributed by atoms with E-state index in [1.807, 2.05) is 0 Å². The van der Waals surface area contributed by atoms with Crippen LogP contribution in [0.2, 0.25) is 0 Å². The van der Waals surface area contributed by atoms with Crippen molar-refractivity contribution in [2.24, 2.45) is 11.8 Å². The van der Waals surface area contributed by atoms with E-state index in [2.05, 4.69) is 34.6 Å². The molecule has 0 aromatic rings. The molecule has 0 aliphatic carbocycles. The minimum atomic E-state index is -0.763. The number of rotatable bonds is 50. The number of carbonyl (C=O) groups is 3. The summed E-state index contributed by atoms with van der Waals surface area (Å²) >= 11 is 0. The maximum Gasteiger partial charge on any atom is 0.306 e. The Hall–Kier alpha value is -1.59. The van der Waals surface area contributed by atoms with Gasteiger partial charge in [-0.15, -0.1) is 0 Å². The molecule has 368 valence electrons. The third kappa shape index (κ3) is 47.9. The van der Waals surface area contributed by atoms with Gasteiger partial charge in [-0.3, -0.25) is 14.4 Å². The molecule has 0 aromatic carbocycles. The molecule has 0 saturated carbocycles. The normalized spacial score (nSPS) is 12.5. The number of hydrogen-bond acceptors (Lipinski definition) is 6. The van der Waals surface area contributed by atoms with Gasteiger partial charge < -0.3 is 14.2 Å². The van der Waals surface area contributed by atoms with Gasteiger partial charge in [0.25, 0.3) is 0 Å². The topological polar surface area (TPSA) is 78.9 Å². The lowest BCUT2D eigenvalue weighted by Crippen LogP contribution is -2.30. The second kappa shape index (κ2) is 48.9. The van der Waals surface area contributed by atoms with Crippen LogP contribution in [0.4, 0.5) is 0 Å². The van der Waals surface area contributed by atoms with Gasteiger partial charge in [-0.1, -0.05) is 272 Å². The zero-order valence-electron chi connectivity index (χ0n) is 42.5. The summed E-state index contributed by atoms with van der Waals surface area (Å²) in [6.07, 6.45) is 50.9. The van der Waals surface area contributed by atoms with Gasteiger partial charge in [0.2, 0.25) is 0 Å². The molecule has 0 rings (SSSR count). The molecular formula is C56H108O6. The van der Waals surface area contributed by atoms with Gasteiger partial charge >= 0.3 is 17.9 Å². The number of ether oxygens (including phenoxy) is 3. The summed E-state index contributed by atoms with van der Waals surface area (Å²) in [5.74, 6) is 0.813. The quantitative estimate of drug-likeness (QED) is 0.0344. The fourth-order valence-electron chi connectivity index (χ4n) is 8.49. The lowest BCUT2D eigenvalue weighted by atomic mass is 10.00. The number of carbonyl (C=O) groups excluding carboxylic acids is 3. The molecule has 2 atom stereocenters. The van der Waals surface area contributed by atoms with Gasteiger partial charge in [-0.05, 0) is 31.1 Å². The fourth-order valence-corrected chi connectivity index (χ4v) is 8.49. The van der Waals surface area contributed by atoms with Crippen molar-refractivity contribution in [2.45, 2.75) is 317 Å². The van der Waals surface area contributed by atoms with Crippen LogP contribution in [-0.4, -0.2) is 37.2 Å². The van der Waals surface area contributed by atoms with Crippen molar-refractivity contribution in [1.29, 1.82) is 0 Å². The number of unbranched alkanes of at least 4 members (excludes halogenated alkanes) is 34. The van der Waals surface area contributed by atoms with Crippen molar-refractivity contribution in [3.05, 3.63) is 0 Å². The Kier molecular flexibility index (Phi) is 47.6. The average Bonchev–Trinajstić information content (AvgIpc) is 3.26. The van der Waals surface area contributed by atoms with E-state index in [4.69, 9.17) is 14.2 Å². The monoisotopic (exact) mass is 877 g/mol. The highest BCUT2D eigenvalue weighted by molar-refractivity contribution is 5.71. The van der Waals surface area contributed by atoms with Crippen LogP contribution in [0, 0.1) is 11.8 Å². The van der Waals surface area contributed by atoms with E-state index >= 15 is 0 Å². The van der Waals surface area contributed by atoms with Crippen LogP contribution >= 0.6 is 0 Å². The van der Waals surface area contributed by atoms with E-state index in [1.54, 1.807) is 0 Å². The van der Waals surface area contributed by atoms with E-state index in [-0.39, 0.29) is 31.1 Å². The van der Waals surface area contributed by atoms with Crippen LogP contribution in [0.15, 0.2) is 0 Å². The summed E-state index contributed by atoms with van der Waals surface area (Å²) in [4.78, 5) is 38.0. The molecule has 0 aliphatic rings. The highest BCUT2D eigenvalue weighted by Crippen LogP contribution is 2.18. The molecule has 0 radical (unpaired) electrons. The smallest absolute Gasteiger partial charge is 0.306 e. The van der Waals surface area contributed by atoms with Crippen molar-refractivity contribution in [2.75, 3.05) is 13.2 Å². The molecular weight excluding hydrogens is 769 g/mol. The zero-order chi connectivity index (χ0) is 45.4. The van der Waals surface area contributed by atoms with Crippen LogP contribution in [0.1, 0.15) is 311 Å². The van der Waals surface area contributed by atoms with Gasteiger partial charge in [-0.25, -0.2) is 0 Å². The Morgan fingerprint density at radius 2 is 0.613 bits per heavy atom. The van der Waals surface area contributed by atoms with Crippen LogP contribution in [0.5, 0.6) is 0 Å². The van der Waals surface area contributed by atoms with Crippen LogP contribution in [0.25, 0.3) is 0 Å². The molecule has 0 aliphatic heterocycles. The van der Waals surface area contributed by atoms with Gasteiger partial charge in [0.1, 0.15) is 13.2 Å². The standard InChI is InChI=1S/C56H108O6/c1-6-8-9-10-11-12-13-14-15-16-17-22-25-28-31-38-43-48-56(59)62-53(50-61-55(58)47-42-37-33-32-35-40-45-52(5)7-2)49-60-54(57)46-41-36-30-27-24-21-19-18-20-23-26-29-34-39-44-51(3)4/h51-53H,6-50H2,1-5H3/t52?,53-/m0/s1. The van der Waals surface area contributed by atoms with Gasteiger partial charge in [0, 0.05) is 19.3 Å². The summed E-state index contributed by atoms with van der Waals surface area (Å²) < 4.78 is 16.8. The highest BCUT2D eigenvalue weighted by atomic mass is 16.6. The maximum atomic E-state index is 12.8. The first kappa shape index (κ1) is 60.4. The maximum absolute atomic E-state index is 12.8. The predicted molar refractivity (Wildman–Crippen MR) is 266 cm³/mol. The van der Waals surface area contributed by atoms with Crippen LogP contribution < -0.4 is 0 Å². The van der Waals surface area contributed by atoms with E-state index in [0.717, 1.165) is 69.6 Å². The van der Waals surface area contributed by atoms with Gasteiger partial charge in [0.15, 0.2) is 6.10 Å². The van der Waals surface area contributed by atoms with E-state index in [9.17, 15) is 14.4 Å². The lowest BCUT2D eigenvalue weighted by molar-refractivity contribution is -0.167. The molecule has 0 spiro atoms. The summed E-state index contributed by atoms with van der Waals surface area (Å²) in [6, 6.07) is 0. The van der Waals surface area contributed by atoms with Crippen molar-refractivity contribution >= 4 is 17.9 Å². The molecule has 0 N–H and O–H groups in total. The Labute approximate surface area is 387 Å². The van der Waals surface area contributed by atoms with E-state index < -0.39 is 6.10 Å². The Morgan fingerprint density at radius 1 is 0.339 bits per heavy atom. The SMILES string of the molecule is CCCCCCCCCCCCCCCCCCCC(=O)O[C@@H](COC(=O)CCCCCCCCCCCCCCCCC(C)C)COC(=O)CCCCCCCCC(C)CC. The third-order valence-corrected chi connectivity index (χ3v) is 13.1. The fraction of sp³-hybridized carbons (Fsp3) is 0.946. The molecule has 0 amide bonds. The summed E-state index contributed by atoms with van der Waals surface area (Å²) in [6.45, 7) is 11.4. The molecule has 0 saturated heterocycles. The first-order valence-electron chi connectivity index (χ1n) is 27.8. The van der Waals surface area contributed by atoms with Crippen LogP contribution in [-0.2, 0) is 28.6 Å². The molecule has 0 bridgehead atoms. The lowest BCUT2D eigenvalue weighted by Gasteiger charge is -2.18.